The minimum absolute atomic E-state index is 0.0139. The Hall–Kier alpha value is -4.41. The Balaban J connectivity index is 0.00000120. The molecule has 10 nitrogen and oxygen atoms in total. The molecule has 0 aliphatic carbocycles. The van der Waals surface area contributed by atoms with E-state index in [0.717, 1.165) is 38.3 Å². The van der Waals surface area contributed by atoms with Crippen LogP contribution in [0.15, 0.2) is 71.5 Å². The fourth-order valence-electron chi connectivity index (χ4n) is 6.24. The predicted octanol–water partition coefficient (Wildman–Crippen LogP) is 6.02. The fourth-order valence-corrected chi connectivity index (χ4v) is 6.24. The number of benzene rings is 3. The number of aromatic nitrogens is 2. The summed E-state index contributed by atoms with van der Waals surface area (Å²) in [4.78, 5) is 41.3. The van der Waals surface area contributed by atoms with Gasteiger partial charge in [-0.05, 0) is 75.3 Å². The Labute approximate surface area is 303 Å². The Morgan fingerprint density at radius 3 is 2.18 bits per heavy atom. The third kappa shape index (κ3) is 9.89. The van der Waals surface area contributed by atoms with Crippen LogP contribution in [0, 0.1) is 0 Å². The monoisotopic (exact) mass is 696 g/mol. The zero-order valence-corrected chi connectivity index (χ0v) is 31.4. The van der Waals surface area contributed by atoms with E-state index in [1.165, 1.54) is 18.4 Å². The number of hydrogen-bond donors (Lipinski definition) is 0. The number of rotatable bonds is 11. The number of amides is 1. The molecule has 0 spiro atoms. The van der Waals surface area contributed by atoms with E-state index < -0.39 is 0 Å². The lowest BCUT2D eigenvalue weighted by atomic mass is 10.1. The molecule has 4 aromatic rings. The smallest absolute Gasteiger partial charge is 0.266 e. The number of para-hydroxylation sites is 2. The van der Waals surface area contributed by atoms with E-state index in [4.69, 9.17) is 14.5 Å². The van der Waals surface area contributed by atoms with Gasteiger partial charge in [-0.25, -0.2) is 4.98 Å². The topological polar surface area (TPSA) is 83.4 Å². The predicted molar refractivity (Wildman–Crippen MR) is 207 cm³/mol. The number of hydrogen-bond acceptors (Lipinski definition) is 8. The SMILES string of the molecule is CCCC.CCc1ccc(OCC(=O)N2CCN(Cc3nc4ccc(N5CCN(C)CC5)cc4c(=O)n3-c3ccccc3OC(C)C)CC2)cc1. The molecule has 0 saturated carbocycles. The molecule has 0 N–H and O–H groups in total. The highest BCUT2D eigenvalue weighted by Crippen LogP contribution is 2.27. The van der Waals surface area contributed by atoms with Gasteiger partial charge >= 0.3 is 0 Å². The number of ether oxygens (including phenoxy) is 2. The number of carbonyl (C=O) groups excluding carboxylic acids is 1. The molecule has 2 fully saturated rings. The van der Waals surface area contributed by atoms with Gasteiger partial charge in [-0.3, -0.25) is 19.1 Å². The second-order valence-corrected chi connectivity index (χ2v) is 13.7. The fraction of sp³-hybridized carbons (Fsp3) is 0.488. The van der Waals surface area contributed by atoms with E-state index in [0.29, 0.717) is 66.6 Å². The number of piperazine rings is 2. The third-order valence-electron chi connectivity index (χ3n) is 9.54. The van der Waals surface area contributed by atoms with Crippen LogP contribution in [0.4, 0.5) is 5.69 Å². The quantitative estimate of drug-likeness (QED) is 0.189. The van der Waals surface area contributed by atoms with Gasteiger partial charge in [-0.15, -0.1) is 0 Å². The average Bonchev–Trinajstić information content (AvgIpc) is 3.15. The number of fused-ring (bicyclic) bond motifs is 1. The molecule has 0 bridgehead atoms. The Morgan fingerprint density at radius 2 is 1.53 bits per heavy atom. The molecule has 0 atom stereocenters. The van der Waals surface area contributed by atoms with Gasteiger partial charge in [0.05, 0.1) is 29.2 Å². The molecule has 2 saturated heterocycles. The highest BCUT2D eigenvalue weighted by molar-refractivity contribution is 5.82. The maximum atomic E-state index is 14.4. The summed E-state index contributed by atoms with van der Waals surface area (Å²) in [6.07, 6.45) is 3.54. The van der Waals surface area contributed by atoms with E-state index in [2.05, 4.69) is 48.6 Å². The van der Waals surface area contributed by atoms with E-state index in [9.17, 15) is 9.59 Å². The molecule has 274 valence electrons. The van der Waals surface area contributed by atoms with Crippen molar-refractivity contribution in [1.29, 1.82) is 0 Å². The lowest BCUT2D eigenvalue weighted by Crippen LogP contribution is -2.50. The first-order valence-corrected chi connectivity index (χ1v) is 18.7. The summed E-state index contributed by atoms with van der Waals surface area (Å²) in [6, 6.07) is 21.6. The average molecular weight is 697 g/mol. The van der Waals surface area contributed by atoms with Crippen LogP contribution in [-0.4, -0.2) is 102 Å². The van der Waals surface area contributed by atoms with Crippen molar-refractivity contribution in [3.8, 4) is 17.2 Å². The largest absolute Gasteiger partial charge is 0.489 e. The number of carbonyl (C=O) groups is 1. The van der Waals surface area contributed by atoms with Crippen LogP contribution >= 0.6 is 0 Å². The maximum absolute atomic E-state index is 14.4. The van der Waals surface area contributed by atoms with Gasteiger partial charge in [0, 0.05) is 58.0 Å². The highest BCUT2D eigenvalue weighted by Gasteiger charge is 2.25. The number of anilines is 1. The molecule has 3 aromatic carbocycles. The molecule has 51 heavy (non-hydrogen) atoms. The number of unbranched alkanes of at least 4 members (excludes halogenated alkanes) is 1. The first kappa shape index (κ1) is 37.8. The van der Waals surface area contributed by atoms with Gasteiger partial charge in [-0.2, -0.15) is 0 Å². The summed E-state index contributed by atoms with van der Waals surface area (Å²) >= 11 is 0. The van der Waals surface area contributed by atoms with Crippen molar-refractivity contribution in [3.05, 3.63) is 88.5 Å². The number of likely N-dealkylation sites (N-methyl/N-ethyl adjacent to an activating group) is 1. The molecule has 1 aromatic heterocycles. The number of aryl methyl sites for hydroxylation is 1. The van der Waals surface area contributed by atoms with Crippen molar-refractivity contribution in [2.24, 2.45) is 0 Å². The van der Waals surface area contributed by atoms with Crippen molar-refractivity contribution in [2.75, 3.05) is 70.9 Å². The lowest BCUT2D eigenvalue weighted by molar-refractivity contribution is -0.135. The normalized spacial score (nSPS) is 15.5. The minimum atomic E-state index is -0.112. The van der Waals surface area contributed by atoms with Gasteiger partial charge in [0.2, 0.25) is 0 Å². The lowest BCUT2D eigenvalue weighted by Gasteiger charge is -2.35. The van der Waals surface area contributed by atoms with E-state index in [1.807, 2.05) is 79.4 Å². The van der Waals surface area contributed by atoms with Gasteiger partial charge in [0.15, 0.2) is 6.61 Å². The zero-order chi connectivity index (χ0) is 36.3. The van der Waals surface area contributed by atoms with Gasteiger partial charge < -0.3 is 24.2 Å². The summed E-state index contributed by atoms with van der Waals surface area (Å²) in [5.74, 6) is 1.96. The zero-order valence-electron chi connectivity index (χ0n) is 31.4. The molecular formula is C41H56N6O4. The van der Waals surface area contributed by atoms with Crippen LogP contribution in [-0.2, 0) is 17.8 Å². The van der Waals surface area contributed by atoms with Gasteiger partial charge in [0.25, 0.3) is 11.5 Å². The van der Waals surface area contributed by atoms with Crippen LogP contribution in [0.5, 0.6) is 11.5 Å². The molecule has 1 amide bonds. The Morgan fingerprint density at radius 1 is 0.843 bits per heavy atom. The van der Waals surface area contributed by atoms with E-state index >= 15 is 0 Å². The molecular weight excluding hydrogens is 640 g/mol. The summed E-state index contributed by atoms with van der Waals surface area (Å²) in [5.41, 5.74) is 3.52. The second kappa shape index (κ2) is 18.2. The molecule has 0 unspecified atom stereocenters. The third-order valence-corrected chi connectivity index (χ3v) is 9.54. The summed E-state index contributed by atoms with van der Waals surface area (Å²) < 4.78 is 13.7. The summed E-state index contributed by atoms with van der Waals surface area (Å²) in [5, 5.41) is 0.587. The first-order valence-electron chi connectivity index (χ1n) is 18.7. The summed E-state index contributed by atoms with van der Waals surface area (Å²) in [6.45, 7) is 17.2. The van der Waals surface area contributed by atoms with Gasteiger partial charge in [-0.1, -0.05) is 57.9 Å². The van der Waals surface area contributed by atoms with Gasteiger partial charge in [0.1, 0.15) is 17.3 Å². The Bertz CT molecular complexity index is 1770. The minimum Gasteiger partial charge on any atom is -0.489 e. The van der Waals surface area contributed by atoms with Crippen LogP contribution in [0.25, 0.3) is 16.6 Å². The maximum Gasteiger partial charge on any atom is 0.266 e. The second-order valence-electron chi connectivity index (χ2n) is 13.7. The standard InChI is InChI=1S/C37H46N6O4.C4H10/c1-5-28-10-13-30(14-11-28)46-26-36(44)42-22-18-40(19-23-42)25-35-38-32-15-12-29(41-20-16-39(4)17-21-41)24-31(32)37(45)43(35)33-8-6-7-9-34(33)47-27(2)3;1-3-4-2/h6-15,24,27H,5,16-23,25-26H2,1-4H3;3-4H2,1-2H3. The molecule has 3 heterocycles. The van der Waals surface area contributed by atoms with Crippen molar-refractivity contribution >= 4 is 22.5 Å². The van der Waals surface area contributed by atoms with Crippen molar-refractivity contribution in [2.45, 2.75) is 66.5 Å². The van der Waals surface area contributed by atoms with E-state index in [-0.39, 0.29) is 24.2 Å². The number of nitrogens with zero attached hydrogens (tertiary/aromatic N) is 6. The molecule has 2 aliphatic heterocycles. The summed E-state index contributed by atoms with van der Waals surface area (Å²) in [7, 11) is 2.14. The van der Waals surface area contributed by atoms with Crippen molar-refractivity contribution in [1.82, 2.24) is 24.3 Å². The molecule has 10 heteroatoms. The van der Waals surface area contributed by atoms with Crippen molar-refractivity contribution in [3.63, 3.8) is 0 Å². The van der Waals surface area contributed by atoms with Crippen LogP contribution < -0.4 is 19.9 Å². The molecule has 6 rings (SSSR count). The Kier molecular flexibility index (Phi) is 13.5. The van der Waals surface area contributed by atoms with E-state index in [1.54, 1.807) is 4.57 Å². The van der Waals surface area contributed by atoms with Crippen molar-refractivity contribution < 1.29 is 14.3 Å². The molecule has 2 aliphatic rings. The first-order chi connectivity index (χ1) is 24.7. The van der Waals surface area contributed by atoms with Crippen LogP contribution in [0.1, 0.15) is 58.8 Å². The molecule has 0 radical (unpaired) electrons. The highest BCUT2D eigenvalue weighted by atomic mass is 16.5. The van der Waals surface area contributed by atoms with Crippen LogP contribution in [0.2, 0.25) is 0 Å². The van der Waals surface area contributed by atoms with Crippen LogP contribution in [0.3, 0.4) is 0 Å².